The van der Waals surface area contributed by atoms with E-state index in [-0.39, 0.29) is 0 Å². The van der Waals surface area contributed by atoms with Crippen molar-refractivity contribution in [2.75, 3.05) is 0 Å². The van der Waals surface area contributed by atoms with Gasteiger partial charge in [0.25, 0.3) is 0 Å². The van der Waals surface area contributed by atoms with E-state index in [1.807, 2.05) is 36.5 Å². The number of pyridine rings is 3. The van der Waals surface area contributed by atoms with E-state index in [0.717, 1.165) is 22.2 Å². The monoisotopic (exact) mass is 391 g/mol. The molecule has 0 saturated carbocycles. The Kier molecular flexibility index (Phi) is 3.57. The molecule has 0 aromatic carbocycles. The van der Waals surface area contributed by atoms with Crippen LogP contribution >= 0.6 is 0 Å². The Hall–Kier alpha value is -4.53. The second-order valence-electron chi connectivity index (χ2n) is 6.64. The molecule has 6 aromatic rings. The molecule has 0 amide bonds. The van der Waals surface area contributed by atoms with Gasteiger partial charge >= 0.3 is 0 Å². The summed E-state index contributed by atoms with van der Waals surface area (Å²) in [7, 11) is 0. The van der Waals surface area contributed by atoms with Crippen LogP contribution in [0.2, 0.25) is 0 Å². The Bertz CT molecular complexity index is 1490. The lowest BCUT2D eigenvalue weighted by Crippen LogP contribution is -1.89. The van der Waals surface area contributed by atoms with Gasteiger partial charge in [0.1, 0.15) is 16.7 Å². The maximum Gasteiger partial charge on any atom is 0.162 e. The van der Waals surface area contributed by atoms with Crippen molar-refractivity contribution < 1.29 is 0 Å². The van der Waals surface area contributed by atoms with E-state index in [1.165, 1.54) is 0 Å². The lowest BCUT2D eigenvalue weighted by atomic mass is 10.1. The van der Waals surface area contributed by atoms with E-state index in [0.29, 0.717) is 34.1 Å². The molecule has 0 aliphatic heterocycles. The molecule has 0 aliphatic carbocycles. The summed E-state index contributed by atoms with van der Waals surface area (Å²) < 4.78 is 0. The quantitative estimate of drug-likeness (QED) is 0.474. The van der Waals surface area contributed by atoms with Crippen LogP contribution < -0.4 is 0 Å². The predicted octanol–water partition coefficient (Wildman–Crippen LogP) is 3.42. The van der Waals surface area contributed by atoms with E-state index in [1.54, 1.807) is 31.0 Å². The summed E-state index contributed by atoms with van der Waals surface area (Å²) in [6.07, 6.45) is 10.3. The molecule has 0 unspecified atom stereocenters. The fourth-order valence-electron chi connectivity index (χ4n) is 3.42. The third-order valence-corrected chi connectivity index (χ3v) is 4.81. The molecule has 0 radical (unpaired) electrons. The maximum absolute atomic E-state index is 4.79. The first kappa shape index (κ1) is 16.4. The highest BCUT2D eigenvalue weighted by Crippen LogP contribution is 2.30. The van der Waals surface area contributed by atoms with Crippen LogP contribution in [0.4, 0.5) is 0 Å². The van der Waals surface area contributed by atoms with Crippen LogP contribution in [-0.4, -0.2) is 45.1 Å². The smallest absolute Gasteiger partial charge is 0.162 e. The van der Waals surface area contributed by atoms with E-state index in [9.17, 15) is 0 Å². The second-order valence-corrected chi connectivity index (χ2v) is 6.64. The van der Waals surface area contributed by atoms with Gasteiger partial charge in [0.05, 0.1) is 17.4 Å². The zero-order chi connectivity index (χ0) is 19.9. The van der Waals surface area contributed by atoms with Crippen LogP contribution in [-0.2, 0) is 0 Å². The van der Waals surface area contributed by atoms with E-state index < -0.39 is 0 Å². The van der Waals surface area contributed by atoms with Crippen molar-refractivity contribution in [3.05, 3.63) is 67.5 Å². The number of nitrogens with one attached hydrogen (secondary N) is 2. The maximum atomic E-state index is 4.79. The number of hydrogen-bond donors (Lipinski definition) is 2. The molecule has 9 heteroatoms. The zero-order valence-corrected chi connectivity index (χ0v) is 15.5. The average molecular weight is 391 g/mol. The number of imidazole rings is 1. The van der Waals surface area contributed by atoms with Crippen LogP contribution in [0.25, 0.3) is 56.2 Å². The molecule has 9 nitrogen and oxygen atoms in total. The summed E-state index contributed by atoms with van der Waals surface area (Å²) in [5, 5.41) is 7.46. The second kappa shape index (κ2) is 6.52. The van der Waals surface area contributed by atoms with Crippen LogP contribution in [0.1, 0.15) is 0 Å². The normalized spacial score (nSPS) is 11.3. The highest BCUT2D eigenvalue weighted by Gasteiger charge is 2.17. The SMILES string of the molecule is c1cncc(-c2ccnc3[nH]c(-c4n[nH]c5ccc(-c6cnccn6)nc45)nc23)c1. The Labute approximate surface area is 169 Å². The van der Waals surface area contributed by atoms with Gasteiger partial charge in [-0.15, -0.1) is 0 Å². The van der Waals surface area contributed by atoms with Gasteiger partial charge in [-0.05, 0) is 24.3 Å². The topological polar surface area (TPSA) is 122 Å². The van der Waals surface area contributed by atoms with Gasteiger partial charge in [0.15, 0.2) is 17.2 Å². The molecule has 0 atom stereocenters. The minimum Gasteiger partial charge on any atom is -0.321 e. The number of nitrogens with zero attached hydrogens (tertiary/aromatic N) is 7. The van der Waals surface area contributed by atoms with Gasteiger partial charge in [0, 0.05) is 42.1 Å². The van der Waals surface area contributed by atoms with E-state index in [4.69, 9.17) is 9.97 Å². The summed E-state index contributed by atoms with van der Waals surface area (Å²) in [5.41, 5.74) is 6.86. The van der Waals surface area contributed by atoms with Gasteiger partial charge in [0.2, 0.25) is 0 Å². The fourth-order valence-corrected chi connectivity index (χ4v) is 3.42. The standard InChI is InChI=1S/C21H13N9/c1-2-12(10-22-6-1)13-5-7-25-20-17(13)27-21(28-20)19-18-15(29-30-19)4-3-14(26-18)16-11-23-8-9-24-16/h1-11H,(H,29,30)(H,25,27,28). The third-order valence-electron chi connectivity index (χ3n) is 4.81. The molecule has 30 heavy (non-hydrogen) atoms. The number of rotatable bonds is 3. The third kappa shape index (κ3) is 2.60. The Balaban J connectivity index is 1.52. The van der Waals surface area contributed by atoms with Crippen molar-refractivity contribution in [1.29, 1.82) is 0 Å². The summed E-state index contributed by atoms with van der Waals surface area (Å²) in [6.45, 7) is 0. The highest BCUT2D eigenvalue weighted by atomic mass is 15.2. The zero-order valence-electron chi connectivity index (χ0n) is 15.5. The van der Waals surface area contributed by atoms with Crippen molar-refractivity contribution in [2.24, 2.45) is 0 Å². The molecule has 0 fully saturated rings. The summed E-state index contributed by atoms with van der Waals surface area (Å²) in [4.78, 5) is 29.9. The molecule has 142 valence electrons. The summed E-state index contributed by atoms with van der Waals surface area (Å²) in [5.74, 6) is 0.587. The van der Waals surface area contributed by atoms with Gasteiger partial charge in [-0.1, -0.05) is 6.07 Å². The molecule has 6 rings (SSSR count). The van der Waals surface area contributed by atoms with Gasteiger partial charge < -0.3 is 4.98 Å². The van der Waals surface area contributed by atoms with Gasteiger partial charge in [-0.25, -0.2) is 15.0 Å². The Morgan fingerprint density at radius 1 is 0.733 bits per heavy atom. The lowest BCUT2D eigenvalue weighted by molar-refractivity contribution is 1.10. The highest BCUT2D eigenvalue weighted by molar-refractivity contribution is 5.94. The summed E-state index contributed by atoms with van der Waals surface area (Å²) in [6, 6.07) is 9.62. The van der Waals surface area contributed by atoms with Crippen LogP contribution in [0.15, 0.2) is 67.5 Å². The van der Waals surface area contributed by atoms with Crippen molar-refractivity contribution in [3.8, 4) is 34.0 Å². The number of hydrogen-bond acceptors (Lipinski definition) is 7. The van der Waals surface area contributed by atoms with Crippen LogP contribution in [0.3, 0.4) is 0 Å². The first-order valence-electron chi connectivity index (χ1n) is 9.24. The van der Waals surface area contributed by atoms with Crippen molar-refractivity contribution in [3.63, 3.8) is 0 Å². The van der Waals surface area contributed by atoms with Gasteiger partial charge in [-0.2, -0.15) is 5.10 Å². The van der Waals surface area contributed by atoms with Gasteiger partial charge in [-0.3, -0.25) is 20.1 Å². The van der Waals surface area contributed by atoms with E-state index >= 15 is 0 Å². The molecule has 0 bridgehead atoms. The molecule has 0 aliphatic rings. The number of H-pyrrole nitrogens is 2. The lowest BCUT2D eigenvalue weighted by Gasteiger charge is -2.00. The number of fused-ring (bicyclic) bond motifs is 2. The molecular weight excluding hydrogens is 378 g/mol. The molecule has 6 aromatic heterocycles. The largest absolute Gasteiger partial charge is 0.321 e. The molecule has 0 spiro atoms. The van der Waals surface area contributed by atoms with E-state index in [2.05, 4.69) is 35.1 Å². The first-order valence-corrected chi connectivity index (χ1v) is 9.24. The fraction of sp³-hybridized carbons (Fsp3) is 0. The summed E-state index contributed by atoms with van der Waals surface area (Å²) >= 11 is 0. The van der Waals surface area contributed by atoms with Crippen molar-refractivity contribution in [1.82, 2.24) is 45.1 Å². The van der Waals surface area contributed by atoms with Crippen molar-refractivity contribution in [2.45, 2.75) is 0 Å². The minimum atomic E-state index is 0.587. The van der Waals surface area contributed by atoms with Crippen molar-refractivity contribution >= 4 is 22.2 Å². The minimum absolute atomic E-state index is 0.587. The number of aromatic nitrogens is 9. The Morgan fingerprint density at radius 2 is 1.70 bits per heavy atom. The molecule has 2 N–H and O–H groups in total. The molecular formula is C21H13N9. The molecule has 6 heterocycles. The van der Waals surface area contributed by atoms with Crippen LogP contribution in [0, 0.1) is 0 Å². The average Bonchev–Trinajstić information content (AvgIpc) is 3.43. The predicted molar refractivity (Wildman–Crippen MR) is 111 cm³/mol. The Morgan fingerprint density at radius 3 is 2.57 bits per heavy atom. The first-order chi connectivity index (χ1) is 14.9. The van der Waals surface area contributed by atoms with Crippen LogP contribution in [0.5, 0.6) is 0 Å². The molecule has 0 saturated heterocycles. The number of aromatic amines is 2.